The van der Waals surface area contributed by atoms with Gasteiger partial charge in [-0.2, -0.15) is 0 Å². The van der Waals surface area contributed by atoms with Crippen LogP contribution in [0.25, 0.3) is 0 Å². The molecule has 0 amide bonds. The molecule has 16 nitrogen and oxygen atoms in total. The molecule has 0 rings (SSSR count). The van der Waals surface area contributed by atoms with Crippen LogP contribution in [0.5, 0.6) is 0 Å². The number of aliphatic hydroxyl groups is 2. The smallest absolute Gasteiger partial charge is 0.463 e. The van der Waals surface area contributed by atoms with Gasteiger partial charge in [-0.25, -0.2) is 9.13 Å². The maximum atomic E-state index is 12.9. The second kappa shape index (κ2) is 70.3. The first-order chi connectivity index (χ1) is 47.2. The van der Waals surface area contributed by atoms with Gasteiger partial charge in [-0.1, -0.05) is 260 Å². The molecule has 0 aliphatic rings. The van der Waals surface area contributed by atoms with Crippen molar-refractivity contribution in [2.45, 2.75) is 245 Å². The van der Waals surface area contributed by atoms with E-state index < -0.39 is 91.5 Å². The third kappa shape index (κ3) is 71.5. The van der Waals surface area contributed by atoms with E-state index in [1.165, 1.54) is 25.7 Å². The first-order valence-electron chi connectivity index (χ1n) is 35.7. The molecule has 0 aliphatic carbocycles. The normalized spacial score (nSPS) is 15.2. The average molecular weight is 1390 g/mol. The lowest BCUT2D eigenvalue weighted by molar-refractivity contribution is -0.161. The van der Waals surface area contributed by atoms with Crippen LogP contribution >= 0.6 is 15.6 Å². The van der Waals surface area contributed by atoms with E-state index >= 15 is 0 Å². The average Bonchev–Trinajstić information content (AvgIpc) is 1.62. The van der Waals surface area contributed by atoms with Crippen LogP contribution in [-0.2, 0) is 55.8 Å². The quantitative estimate of drug-likeness (QED) is 0.0146. The Morgan fingerprint density at radius 2 is 0.567 bits per heavy atom. The topological polar surface area (TPSA) is 231 Å². The van der Waals surface area contributed by atoms with Crippen molar-refractivity contribution in [3.63, 3.8) is 0 Å². The summed E-state index contributed by atoms with van der Waals surface area (Å²) in [5, 5.41) is 20.6. The Balaban J connectivity index is 4.84. The summed E-state index contributed by atoms with van der Waals surface area (Å²) in [6, 6.07) is 0. The largest absolute Gasteiger partial charge is 0.472 e. The van der Waals surface area contributed by atoms with E-state index in [-0.39, 0.29) is 19.3 Å². The summed E-state index contributed by atoms with van der Waals surface area (Å²) in [7, 11) is -9.85. The lowest BCUT2D eigenvalue weighted by Crippen LogP contribution is -2.29. The number of carbonyl (C=O) groups excluding carboxylic acids is 3. The molecule has 0 aliphatic heterocycles. The Morgan fingerprint density at radius 1 is 0.299 bits per heavy atom. The van der Waals surface area contributed by atoms with Crippen molar-refractivity contribution in [1.29, 1.82) is 0 Å². The molecule has 0 aromatic carbocycles. The van der Waals surface area contributed by atoms with Crippen molar-refractivity contribution in [2.24, 2.45) is 0 Å². The molecule has 97 heavy (non-hydrogen) atoms. The molecular weight excluding hydrogens is 1270 g/mol. The van der Waals surface area contributed by atoms with Gasteiger partial charge in [0.1, 0.15) is 25.4 Å². The van der Waals surface area contributed by atoms with Crippen molar-refractivity contribution < 1.29 is 75.8 Å². The lowest BCUT2D eigenvalue weighted by atomic mass is 10.1. The maximum Gasteiger partial charge on any atom is 0.472 e. The van der Waals surface area contributed by atoms with Crippen molar-refractivity contribution in [3.05, 3.63) is 194 Å². The van der Waals surface area contributed by atoms with Crippen LogP contribution in [0.1, 0.15) is 226 Å². The van der Waals surface area contributed by atoms with Crippen LogP contribution in [0, 0.1) is 0 Å². The molecule has 5 unspecified atom stereocenters. The minimum atomic E-state index is -4.98. The molecule has 0 heterocycles. The molecule has 0 aromatic heterocycles. The van der Waals surface area contributed by atoms with Crippen LogP contribution in [-0.4, -0.2) is 95.9 Å². The molecule has 18 heteroatoms. The van der Waals surface area contributed by atoms with Gasteiger partial charge in [-0.3, -0.25) is 32.5 Å². The van der Waals surface area contributed by atoms with E-state index in [0.717, 1.165) is 128 Å². The predicted molar refractivity (Wildman–Crippen MR) is 398 cm³/mol. The highest BCUT2D eigenvalue weighted by Crippen LogP contribution is 2.45. The maximum absolute atomic E-state index is 12.9. The number of ether oxygens (including phenoxy) is 3. The van der Waals surface area contributed by atoms with E-state index in [2.05, 4.69) is 179 Å². The van der Waals surface area contributed by atoms with Gasteiger partial charge in [0.05, 0.1) is 26.4 Å². The van der Waals surface area contributed by atoms with Crippen LogP contribution in [0.4, 0.5) is 0 Å². The van der Waals surface area contributed by atoms with Gasteiger partial charge < -0.3 is 34.2 Å². The summed E-state index contributed by atoms with van der Waals surface area (Å²) < 4.78 is 60.8. The second-order valence-corrected chi connectivity index (χ2v) is 25.8. The van der Waals surface area contributed by atoms with Crippen molar-refractivity contribution in [1.82, 2.24) is 0 Å². The Morgan fingerprint density at radius 3 is 0.928 bits per heavy atom. The fourth-order valence-electron chi connectivity index (χ4n) is 8.43. The van der Waals surface area contributed by atoms with Gasteiger partial charge >= 0.3 is 33.6 Å². The summed E-state index contributed by atoms with van der Waals surface area (Å²) in [5.41, 5.74) is 0. The zero-order valence-corrected chi connectivity index (χ0v) is 60.9. The van der Waals surface area contributed by atoms with Gasteiger partial charge in [0, 0.05) is 19.3 Å². The third-order valence-corrected chi connectivity index (χ3v) is 15.7. The van der Waals surface area contributed by atoms with Crippen molar-refractivity contribution >= 4 is 33.6 Å². The fourth-order valence-corrected chi connectivity index (χ4v) is 10.0. The molecule has 0 saturated heterocycles. The zero-order chi connectivity index (χ0) is 70.9. The Hall–Kier alpha value is -5.61. The number of hydrogen-bond acceptors (Lipinski definition) is 14. The Kier molecular flexibility index (Phi) is 66.2. The molecule has 0 fully saturated rings. The summed E-state index contributed by atoms with van der Waals surface area (Å²) in [5.74, 6) is -1.80. The highest BCUT2D eigenvalue weighted by molar-refractivity contribution is 7.47. The predicted octanol–water partition coefficient (Wildman–Crippen LogP) is 20.4. The number of esters is 3. The standard InChI is InChI=1S/C79H124O16P2/c1-4-7-10-13-16-19-22-25-28-31-34-35-36-37-40-42-44-47-50-53-56-59-62-65-77(82)89-68-74(80)69-91-96(85,86)92-70-75(81)71-93-97(87,88)94-73-76(95-79(84)67-64-61-58-55-52-49-46-43-39-33-30-27-24-21-18-15-12-9-6-3)72-90-78(83)66-63-60-57-54-51-48-45-41-38-32-29-26-23-20-17-14-11-8-5-2/h8-9,11-12,16-21,25-30,34-35,37-41,43,48-49,51-52,57-58,60-61,74-76,80-81H,4-7,10,13-15,22-24,31-33,36,42,44-47,50,53-56,59,62-73H2,1-3H3,(H,85,86)(H,87,88)/b11-8-,12-9-,19-16-,20-17-,21-18-,28-25-,29-26-,30-27-,35-34-,40-37-,41-38-,43-39-,51-48-,52-49-,60-57-,61-58-. The van der Waals surface area contributed by atoms with E-state index in [1.807, 2.05) is 36.5 Å². The first-order valence-corrected chi connectivity index (χ1v) is 38.7. The fraction of sp³-hybridized carbons (Fsp3) is 0.557. The molecule has 0 saturated carbocycles. The molecule has 5 atom stereocenters. The number of allylic oxidation sites excluding steroid dienone is 32. The van der Waals surface area contributed by atoms with E-state index in [9.17, 15) is 43.5 Å². The van der Waals surface area contributed by atoms with Gasteiger partial charge in [0.25, 0.3) is 0 Å². The molecule has 4 N–H and O–H groups in total. The van der Waals surface area contributed by atoms with Crippen molar-refractivity contribution in [2.75, 3.05) is 39.6 Å². The van der Waals surface area contributed by atoms with E-state index in [1.54, 1.807) is 0 Å². The second-order valence-electron chi connectivity index (χ2n) is 22.9. The zero-order valence-electron chi connectivity index (χ0n) is 59.2. The highest BCUT2D eigenvalue weighted by atomic mass is 31.2. The van der Waals surface area contributed by atoms with Crippen LogP contribution < -0.4 is 0 Å². The van der Waals surface area contributed by atoms with Crippen LogP contribution in [0.2, 0.25) is 0 Å². The van der Waals surface area contributed by atoms with Crippen LogP contribution in [0.15, 0.2) is 194 Å². The minimum absolute atomic E-state index is 0.0200. The molecule has 0 spiro atoms. The Labute approximate surface area is 585 Å². The minimum Gasteiger partial charge on any atom is -0.463 e. The summed E-state index contributed by atoms with van der Waals surface area (Å²) in [4.78, 5) is 58.4. The number of aliphatic hydroxyl groups excluding tert-OH is 2. The van der Waals surface area contributed by atoms with Gasteiger partial charge in [0.2, 0.25) is 0 Å². The Bertz CT molecular complexity index is 2540. The molecule has 0 bridgehead atoms. The van der Waals surface area contributed by atoms with Gasteiger partial charge in [0.15, 0.2) is 6.10 Å². The number of rotatable bonds is 65. The number of carbonyl (C=O) groups is 3. The highest BCUT2D eigenvalue weighted by Gasteiger charge is 2.29. The molecule has 0 aromatic rings. The summed E-state index contributed by atoms with van der Waals surface area (Å²) >= 11 is 0. The van der Waals surface area contributed by atoms with Gasteiger partial charge in [-0.05, 0) is 141 Å². The van der Waals surface area contributed by atoms with Crippen molar-refractivity contribution in [3.8, 4) is 0 Å². The lowest BCUT2D eigenvalue weighted by Gasteiger charge is -2.21. The van der Waals surface area contributed by atoms with E-state index in [4.69, 9.17) is 32.3 Å². The molecule has 546 valence electrons. The van der Waals surface area contributed by atoms with E-state index in [0.29, 0.717) is 32.1 Å². The monoisotopic (exact) mass is 1390 g/mol. The first kappa shape index (κ1) is 91.4. The number of phosphoric ester groups is 2. The molecule has 0 radical (unpaired) electrons. The van der Waals surface area contributed by atoms with Gasteiger partial charge in [-0.15, -0.1) is 0 Å². The number of phosphoric acid groups is 2. The number of hydrogen-bond donors (Lipinski definition) is 4. The summed E-state index contributed by atoms with van der Waals surface area (Å²) in [6.07, 6.45) is 90.8. The molecular formula is C79H124O16P2. The third-order valence-electron chi connectivity index (χ3n) is 13.8. The SMILES string of the molecule is CC/C=C\C/C=C\C/C=C\C/C=C\C/C=C\C/C=C\CCC(=O)OCC(COP(=O)(O)OCC(O)COP(=O)(O)OCC(O)COC(=O)CCCCCCCCC/C=C\C/C=C\C/C=C\C/C=C\CCCCC)OC(=O)CC/C=C\C/C=C\C/C=C\C/C=C\C/C=C\C/C=C\CC. The number of unbranched alkanes of at least 4 members (excludes halogenated alkanes) is 10. The van der Waals surface area contributed by atoms with Crippen LogP contribution in [0.3, 0.4) is 0 Å². The summed E-state index contributed by atoms with van der Waals surface area (Å²) in [6.45, 7) is 2.18.